The molecular formula is C21H14BrClF6N4O. The van der Waals surface area contributed by atoms with Crippen LogP contribution in [-0.2, 0) is 6.18 Å². The normalized spacial score (nSPS) is 18.2. The fraction of sp³-hybridized carbons (Fsp3) is 0.238. The van der Waals surface area contributed by atoms with Gasteiger partial charge in [-0.1, -0.05) is 41.9 Å². The number of carbonyl (C=O) groups is 1. The van der Waals surface area contributed by atoms with Gasteiger partial charge < -0.3 is 10.6 Å². The molecule has 1 aromatic heterocycles. The third-order valence-corrected chi connectivity index (χ3v) is 6.34. The molecule has 0 saturated heterocycles. The van der Waals surface area contributed by atoms with Crippen LogP contribution >= 0.6 is 27.5 Å². The van der Waals surface area contributed by atoms with Gasteiger partial charge in [0.15, 0.2) is 11.7 Å². The van der Waals surface area contributed by atoms with Crippen LogP contribution in [0.1, 0.15) is 40.1 Å². The van der Waals surface area contributed by atoms with E-state index in [1.807, 2.05) is 0 Å². The van der Waals surface area contributed by atoms with E-state index in [1.54, 1.807) is 30.3 Å². The Hall–Kier alpha value is -2.73. The zero-order chi connectivity index (χ0) is 24.8. The average molecular weight is 568 g/mol. The van der Waals surface area contributed by atoms with Gasteiger partial charge in [-0.3, -0.25) is 4.79 Å². The Bertz CT molecular complexity index is 1230. The number of amides is 1. The van der Waals surface area contributed by atoms with Crippen LogP contribution < -0.4 is 10.6 Å². The zero-order valence-corrected chi connectivity index (χ0v) is 19.1. The Labute approximate surface area is 202 Å². The number of fused-ring (bicyclic) bond motifs is 1. The Kier molecular flexibility index (Phi) is 6.32. The number of nitrogens with zero attached hydrogens (tertiary/aromatic N) is 2. The quantitative estimate of drug-likeness (QED) is 0.328. The second-order valence-electron chi connectivity index (χ2n) is 7.50. The van der Waals surface area contributed by atoms with Crippen molar-refractivity contribution in [1.82, 2.24) is 9.78 Å². The molecule has 1 aliphatic heterocycles. The van der Waals surface area contributed by atoms with Gasteiger partial charge in [-0.05, 0) is 39.7 Å². The van der Waals surface area contributed by atoms with E-state index in [-0.39, 0.29) is 27.4 Å². The van der Waals surface area contributed by atoms with E-state index < -0.39 is 41.6 Å². The lowest BCUT2D eigenvalue weighted by atomic mass is 9.97. The minimum absolute atomic E-state index is 0.0667. The Morgan fingerprint density at radius 1 is 1.12 bits per heavy atom. The zero-order valence-electron chi connectivity index (χ0n) is 16.8. The van der Waals surface area contributed by atoms with E-state index in [1.165, 1.54) is 0 Å². The SMILES string of the molecule is O=C(Nc1cc(C(F)(F)F)ccc1Cl)c1nn2c(c1Br)N[C@@H](c1ccccc1)C[C@H]2C(F)(F)F. The standard InChI is InChI=1S/C21H14BrClF6N4O/c22-16-17(19(34)31-14-8-11(20(24,25)26)6-7-12(14)23)32-33-15(21(27,28)29)9-13(30-18(16)33)10-4-2-1-3-5-10/h1-8,13,15,30H,9H2,(H,31,34)/t13-,15+/m1/s1. The predicted octanol–water partition coefficient (Wildman–Crippen LogP) is 7.23. The molecule has 2 atom stereocenters. The van der Waals surface area contributed by atoms with Crippen molar-refractivity contribution in [3.8, 4) is 0 Å². The summed E-state index contributed by atoms with van der Waals surface area (Å²) in [6.45, 7) is 0. The number of aromatic nitrogens is 2. The summed E-state index contributed by atoms with van der Waals surface area (Å²) in [5.74, 6) is -1.11. The Morgan fingerprint density at radius 3 is 2.41 bits per heavy atom. The van der Waals surface area contributed by atoms with Crippen molar-refractivity contribution in [2.24, 2.45) is 0 Å². The third-order valence-electron chi connectivity index (χ3n) is 5.25. The molecule has 34 heavy (non-hydrogen) atoms. The molecule has 0 unspecified atom stereocenters. The lowest BCUT2D eigenvalue weighted by molar-refractivity contribution is -0.173. The summed E-state index contributed by atoms with van der Waals surface area (Å²) < 4.78 is 81.3. The van der Waals surface area contributed by atoms with Crippen molar-refractivity contribution in [1.29, 1.82) is 0 Å². The molecule has 0 bridgehead atoms. The summed E-state index contributed by atoms with van der Waals surface area (Å²) in [6.07, 6.45) is -9.74. The first-order chi connectivity index (χ1) is 15.9. The van der Waals surface area contributed by atoms with E-state index >= 15 is 0 Å². The monoisotopic (exact) mass is 566 g/mol. The van der Waals surface area contributed by atoms with Gasteiger partial charge in [-0.15, -0.1) is 0 Å². The molecule has 0 radical (unpaired) electrons. The third kappa shape index (κ3) is 4.74. The van der Waals surface area contributed by atoms with Crippen molar-refractivity contribution in [3.05, 3.63) is 74.8 Å². The first-order valence-electron chi connectivity index (χ1n) is 9.70. The van der Waals surface area contributed by atoms with Gasteiger partial charge in [-0.2, -0.15) is 31.4 Å². The topological polar surface area (TPSA) is 59.0 Å². The van der Waals surface area contributed by atoms with Crippen LogP contribution in [0.2, 0.25) is 5.02 Å². The van der Waals surface area contributed by atoms with Crippen LogP contribution in [0.3, 0.4) is 0 Å². The smallest absolute Gasteiger partial charge is 0.362 e. The maximum atomic E-state index is 13.9. The molecule has 2 aromatic carbocycles. The minimum Gasteiger partial charge on any atom is -0.362 e. The van der Waals surface area contributed by atoms with Crippen LogP contribution in [-0.4, -0.2) is 21.9 Å². The lowest BCUT2D eigenvalue weighted by Gasteiger charge is -2.33. The Morgan fingerprint density at radius 2 is 1.79 bits per heavy atom. The highest BCUT2D eigenvalue weighted by Gasteiger charge is 2.47. The number of benzene rings is 2. The largest absolute Gasteiger partial charge is 0.416 e. The van der Waals surface area contributed by atoms with Crippen molar-refractivity contribution < 1.29 is 31.1 Å². The molecule has 2 N–H and O–H groups in total. The summed E-state index contributed by atoms with van der Waals surface area (Å²) in [5.41, 5.74) is -1.25. The molecular weight excluding hydrogens is 554 g/mol. The van der Waals surface area contributed by atoms with Crippen molar-refractivity contribution in [2.45, 2.75) is 30.9 Å². The summed E-state index contributed by atoms with van der Waals surface area (Å²) in [4.78, 5) is 12.8. The number of alkyl halides is 6. The summed E-state index contributed by atoms with van der Waals surface area (Å²) in [5, 5.41) is 8.81. The second kappa shape index (κ2) is 8.81. The number of anilines is 2. The molecule has 5 nitrogen and oxygen atoms in total. The first-order valence-corrected chi connectivity index (χ1v) is 10.9. The molecule has 3 aromatic rings. The van der Waals surface area contributed by atoms with E-state index in [0.717, 1.165) is 12.1 Å². The van der Waals surface area contributed by atoms with E-state index in [4.69, 9.17) is 11.6 Å². The van der Waals surface area contributed by atoms with Gasteiger partial charge in [0, 0.05) is 6.42 Å². The molecule has 4 rings (SSSR count). The first kappa shape index (κ1) is 24.4. The van der Waals surface area contributed by atoms with Crippen LogP contribution in [0.15, 0.2) is 53.0 Å². The highest BCUT2D eigenvalue weighted by Crippen LogP contribution is 2.46. The maximum Gasteiger partial charge on any atom is 0.416 e. The number of hydrogen-bond acceptors (Lipinski definition) is 3. The summed E-state index contributed by atoms with van der Waals surface area (Å²) >= 11 is 9.03. The molecule has 1 amide bonds. The van der Waals surface area contributed by atoms with E-state index in [2.05, 4.69) is 31.7 Å². The van der Waals surface area contributed by atoms with Gasteiger partial charge >= 0.3 is 12.4 Å². The predicted molar refractivity (Wildman–Crippen MR) is 117 cm³/mol. The molecule has 1 aliphatic rings. The van der Waals surface area contributed by atoms with E-state index in [0.29, 0.717) is 16.3 Å². The van der Waals surface area contributed by atoms with Gasteiger partial charge in [0.1, 0.15) is 5.82 Å². The summed E-state index contributed by atoms with van der Waals surface area (Å²) in [6, 6.07) is 8.04. The van der Waals surface area contributed by atoms with Crippen LogP contribution in [0.5, 0.6) is 0 Å². The fourth-order valence-electron chi connectivity index (χ4n) is 3.62. The lowest BCUT2D eigenvalue weighted by Crippen LogP contribution is -2.35. The summed E-state index contributed by atoms with van der Waals surface area (Å²) in [7, 11) is 0. The highest BCUT2D eigenvalue weighted by atomic mass is 79.9. The second-order valence-corrected chi connectivity index (χ2v) is 8.70. The van der Waals surface area contributed by atoms with Gasteiger partial charge in [-0.25, -0.2) is 4.68 Å². The van der Waals surface area contributed by atoms with Gasteiger partial charge in [0.2, 0.25) is 0 Å². The molecule has 13 heteroatoms. The number of rotatable bonds is 3. The van der Waals surface area contributed by atoms with E-state index in [9.17, 15) is 31.1 Å². The van der Waals surface area contributed by atoms with Crippen LogP contribution in [0.25, 0.3) is 0 Å². The van der Waals surface area contributed by atoms with Crippen LogP contribution in [0, 0.1) is 0 Å². The van der Waals surface area contributed by atoms with Crippen molar-refractivity contribution in [2.75, 3.05) is 10.6 Å². The molecule has 0 fully saturated rings. The maximum absolute atomic E-state index is 13.9. The minimum atomic E-state index is -4.69. The fourth-order valence-corrected chi connectivity index (χ4v) is 4.34. The number of halogens is 8. The van der Waals surface area contributed by atoms with Gasteiger partial charge in [0.25, 0.3) is 5.91 Å². The average Bonchev–Trinajstić information content (AvgIpc) is 3.10. The van der Waals surface area contributed by atoms with Crippen LogP contribution in [0.4, 0.5) is 37.8 Å². The molecule has 0 spiro atoms. The molecule has 0 saturated carbocycles. The number of hydrogen-bond donors (Lipinski definition) is 2. The Balaban J connectivity index is 1.70. The van der Waals surface area contributed by atoms with Gasteiger partial charge in [0.05, 0.1) is 26.8 Å². The molecule has 0 aliphatic carbocycles. The number of carbonyl (C=O) groups excluding carboxylic acids is 1. The number of nitrogens with one attached hydrogen (secondary N) is 2. The highest BCUT2D eigenvalue weighted by molar-refractivity contribution is 9.10. The molecule has 180 valence electrons. The molecule has 2 heterocycles. The van der Waals surface area contributed by atoms with Crippen molar-refractivity contribution in [3.63, 3.8) is 0 Å². The van der Waals surface area contributed by atoms with Crippen molar-refractivity contribution >= 4 is 44.9 Å².